The predicted octanol–water partition coefficient (Wildman–Crippen LogP) is 4.89. The van der Waals surface area contributed by atoms with Gasteiger partial charge in [-0.25, -0.2) is 0 Å². The Kier molecular flexibility index (Phi) is 4.85. The van der Waals surface area contributed by atoms with Crippen LogP contribution >= 0.6 is 0 Å². The van der Waals surface area contributed by atoms with Gasteiger partial charge in [0.2, 0.25) is 0 Å². The zero-order chi connectivity index (χ0) is 16.4. The number of rotatable bonds is 4. The lowest BCUT2D eigenvalue weighted by Gasteiger charge is -2.13. The molecule has 116 valence electrons. The van der Waals surface area contributed by atoms with Gasteiger partial charge in [-0.15, -0.1) is 0 Å². The number of hydrogen-bond donors (Lipinski definition) is 0. The van der Waals surface area contributed by atoms with Crippen molar-refractivity contribution in [2.45, 2.75) is 54.4 Å². The van der Waals surface area contributed by atoms with Gasteiger partial charge in [-0.2, -0.15) is 0 Å². The smallest absolute Gasteiger partial charge is 0.141 e. The first-order valence-corrected chi connectivity index (χ1v) is 7.93. The number of carbonyl (C=O) groups is 1. The van der Waals surface area contributed by atoms with Gasteiger partial charge in [0, 0.05) is 12.8 Å². The van der Waals surface area contributed by atoms with Crippen LogP contribution in [0.1, 0.15) is 44.5 Å². The van der Waals surface area contributed by atoms with Gasteiger partial charge in [0.25, 0.3) is 0 Å². The standard InChI is InChI=1S/C21H26O/c1-13-7-15(3)20(16(4)8-13)11-19(22)12-21-17(5)9-14(2)10-18(21)6/h7-10H,11-12H2,1-6H3. The molecule has 0 aromatic heterocycles. The Morgan fingerprint density at radius 1 is 0.636 bits per heavy atom. The first kappa shape index (κ1) is 16.5. The van der Waals surface area contributed by atoms with Gasteiger partial charge in [-0.05, 0) is 74.9 Å². The summed E-state index contributed by atoms with van der Waals surface area (Å²) in [5.74, 6) is 0.296. The summed E-state index contributed by atoms with van der Waals surface area (Å²) in [7, 11) is 0. The molecule has 22 heavy (non-hydrogen) atoms. The number of benzene rings is 2. The van der Waals surface area contributed by atoms with Crippen LogP contribution in [0.15, 0.2) is 24.3 Å². The Morgan fingerprint density at radius 3 is 1.18 bits per heavy atom. The monoisotopic (exact) mass is 294 g/mol. The van der Waals surface area contributed by atoms with Crippen LogP contribution in [0.2, 0.25) is 0 Å². The van der Waals surface area contributed by atoms with Crippen LogP contribution in [0.3, 0.4) is 0 Å². The minimum atomic E-state index is 0.296. The lowest BCUT2D eigenvalue weighted by molar-refractivity contribution is -0.117. The number of aryl methyl sites for hydroxylation is 6. The lowest BCUT2D eigenvalue weighted by atomic mass is 9.91. The molecule has 0 atom stereocenters. The SMILES string of the molecule is Cc1cc(C)c(CC(=O)Cc2c(C)cc(C)cc2C)c(C)c1. The maximum Gasteiger partial charge on any atom is 0.141 e. The van der Waals surface area contributed by atoms with E-state index in [4.69, 9.17) is 0 Å². The van der Waals surface area contributed by atoms with Crippen molar-refractivity contribution in [2.24, 2.45) is 0 Å². The molecule has 1 nitrogen and oxygen atoms in total. The largest absolute Gasteiger partial charge is 0.299 e. The Bertz CT molecular complexity index is 615. The molecule has 0 radical (unpaired) electrons. The highest BCUT2D eigenvalue weighted by molar-refractivity contribution is 5.84. The summed E-state index contributed by atoms with van der Waals surface area (Å²) in [5.41, 5.74) is 9.81. The fourth-order valence-electron chi connectivity index (χ4n) is 3.43. The van der Waals surface area contributed by atoms with E-state index in [0.29, 0.717) is 18.6 Å². The lowest BCUT2D eigenvalue weighted by Crippen LogP contribution is -2.11. The topological polar surface area (TPSA) is 17.1 Å². The molecule has 0 bridgehead atoms. The zero-order valence-electron chi connectivity index (χ0n) is 14.6. The van der Waals surface area contributed by atoms with Gasteiger partial charge in [-0.1, -0.05) is 35.4 Å². The van der Waals surface area contributed by atoms with Crippen molar-refractivity contribution in [1.29, 1.82) is 0 Å². The molecule has 2 aromatic carbocycles. The molecular formula is C21H26O. The van der Waals surface area contributed by atoms with Gasteiger partial charge >= 0.3 is 0 Å². The van der Waals surface area contributed by atoms with Crippen LogP contribution in [0.5, 0.6) is 0 Å². The molecule has 0 saturated carbocycles. The second kappa shape index (κ2) is 6.48. The molecule has 0 aliphatic rings. The Morgan fingerprint density at radius 2 is 0.909 bits per heavy atom. The number of hydrogen-bond acceptors (Lipinski definition) is 1. The van der Waals surface area contributed by atoms with E-state index in [0.717, 1.165) is 0 Å². The van der Waals surface area contributed by atoms with Crippen LogP contribution in [0.25, 0.3) is 0 Å². The van der Waals surface area contributed by atoms with Crippen LogP contribution in [-0.2, 0) is 17.6 Å². The van der Waals surface area contributed by atoms with Crippen molar-refractivity contribution in [3.63, 3.8) is 0 Å². The van der Waals surface area contributed by atoms with Crippen LogP contribution in [0.4, 0.5) is 0 Å². The molecule has 0 amide bonds. The fraction of sp³-hybridized carbons (Fsp3) is 0.381. The van der Waals surface area contributed by atoms with Crippen molar-refractivity contribution >= 4 is 5.78 Å². The van der Waals surface area contributed by atoms with E-state index in [-0.39, 0.29) is 0 Å². The van der Waals surface area contributed by atoms with E-state index in [9.17, 15) is 4.79 Å². The summed E-state index contributed by atoms with van der Waals surface area (Å²) in [6.45, 7) is 12.6. The number of ketones is 1. The molecule has 2 rings (SSSR count). The predicted molar refractivity (Wildman–Crippen MR) is 93.7 cm³/mol. The molecule has 0 spiro atoms. The molecule has 0 fully saturated rings. The molecular weight excluding hydrogens is 268 g/mol. The van der Waals surface area contributed by atoms with E-state index in [1.807, 2.05) is 0 Å². The van der Waals surface area contributed by atoms with Crippen molar-refractivity contribution < 1.29 is 4.79 Å². The summed E-state index contributed by atoms with van der Waals surface area (Å²) >= 11 is 0. The quantitative estimate of drug-likeness (QED) is 0.784. The highest BCUT2D eigenvalue weighted by atomic mass is 16.1. The molecule has 0 aliphatic heterocycles. The Labute approximate surface area is 134 Å². The molecule has 0 saturated heterocycles. The average molecular weight is 294 g/mol. The Hall–Kier alpha value is -1.89. The number of carbonyl (C=O) groups excluding carboxylic acids is 1. The molecule has 0 N–H and O–H groups in total. The zero-order valence-corrected chi connectivity index (χ0v) is 14.6. The average Bonchev–Trinajstić information content (AvgIpc) is 2.38. The number of Topliss-reactive ketones (excluding diaryl/α,β-unsaturated/α-hetero) is 1. The van der Waals surface area contributed by atoms with Crippen molar-refractivity contribution in [2.75, 3.05) is 0 Å². The van der Waals surface area contributed by atoms with Crippen LogP contribution < -0.4 is 0 Å². The molecule has 2 aromatic rings. The van der Waals surface area contributed by atoms with Crippen LogP contribution in [-0.4, -0.2) is 5.78 Å². The minimum absolute atomic E-state index is 0.296. The van der Waals surface area contributed by atoms with E-state index >= 15 is 0 Å². The molecule has 1 heteroatoms. The molecule has 0 unspecified atom stereocenters. The van der Waals surface area contributed by atoms with E-state index in [1.54, 1.807) is 0 Å². The van der Waals surface area contributed by atoms with Gasteiger partial charge in [0.1, 0.15) is 5.78 Å². The van der Waals surface area contributed by atoms with Gasteiger partial charge < -0.3 is 0 Å². The third-order valence-corrected chi connectivity index (χ3v) is 4.43. The van der Waals surface area contributed by atoms with Gasteiger partial charge in [0.05, 0.1) is 0 Å². The van der Waals surface area contributed by atoms with E-state index in [2.05, 4.69) is 65.8 Å². The first-order chi connectivity index (χ1) is 10.3. The summed E-state index contributed by atoms with van der Waals surface area (Å²) in [4.78, 5) is 12.6. The summed E-state index contributed by atoms with van der Waals surface area (Å²) in [6, 6.07) is 8.66. The van der Waals surface area contributed by atoms with E-state index < -0.39 is 0 Å². The summed E-state index contributed by atoms with van der Waals surface area (Å²) in [5, 5.41) is 0. The third kappa shape index (κ3) is 3.65. The van der Waals surface area contributed by atoms with Gasteiger partial charge in [-0.3, -0.25) is 4.79 Å². The highest BCUT2D eigenvalue weighted by Crippen LogP contribution is 2.20. The van der Waals surface area contributed by atoms with Crippen LogP contribution in [0, 0.1) is 41.5 Å². The summed E-state index contributed by atoms with van der Waals surface area (Å²) in [6.07, 6.45) is 1.06. The van der Waals surface area contributed by atoms with Crippen molar-refractivity contribution in [1.82, 2.24) is 0 Å². The normalized spacial score (nSPS) is 10.8. The minimum Gasteiger partial charge on any atom is -0.299 e. The second-order valence-corrected chi connectivity index (χ2v) is 6.65. The third-order valence-electron chi connectivity index (χ3n) is 4.43. The van der Waals surface area contributed by atoms with E-state index in [1.165, 1.54) is 44.5 Å². The Balaban J connectivity index is 2.22. The molecule has 0 heterocycles. The van der Waals surface area contributed by atoms with Crippen molar-refractivity contribution in [3.05, 3.63) is 68.8 Å². The fourth-order valence-corrected chi connectivity index (χ4v) is 3.43. The maximum atomic E-state index is 12.6. The van der Waals surface area contributed by atoms with Crippen molar-refractivity contribution in [3.8, 4) is 0 Å². The van der Waals surface area contributed by atoms with Gasteiger partial charge in [0.15, 0.2) is 0 Å². The second-order valence-electron chi connectivity index (χ2n) is 6.65. The maximum absolute atomic E-state index is 12.6. The molecule has 0 aliphatic carbocycles. The highest BCUT2D eigenvalue weighted by Gasteiger charge is 2.13. The first-order valence-electron chi connectivity index (χ1n) is 7.93. The summed E-state index contributed by atoms with van der Waals surface area (Å²) < 4.78 is 0.